The molecule has 4 nitrogen and oxygen atoms in total. The van der Waals surface area contributed by atoms with Crippen molar-refractivity contribution in [3.8, 4) is 0 Å². The van der Waals surface area contributed by atoms with Crippen molar-refractivity contribution in [2.45, 2.75) is 45.4 Å². The monoisotopic (exact) mass is 236 g/mol. The van der Waals surface area contributed by atoms with Gasteiger partial charge in [0.25, 0.3) is 0 Å². The van der Waals surface area contributed by atoms with Crippen LogP contribution in [0.2, 0.25) is 0 Å². The smallest absolute Gasteiger partial charge is 0.149 e. The first-order valence-corrected chi connectivity index (χ1v) is 6.54. The van der Waals surface area contributed by atoms with Gasteiger partial charge in [-0.2, -0.15) is 5.10 Å². The topological polar surface area (TPSA) is 49.7 Å². The summed E-state index contributed by atoms with van der Waals surface area (Å²) in [6, 6.07) is 0. The molecule has 1 atom stereocenters. The number of nitrogens with zero attached hydrogens (tertiary/aromatic N) is 2. The van der Waals surface area contributed by atoms with Gasteiger partial charge in [-0.25, -0.2) is 0 Å². The molecule has 17 heavy (non-hydrogen) atoms. The van der Waals surface area contributed by atoms with E-state index in [9.17, 15) is 9.59 Å². The van der Waals surface area contributed by atoms with Crippen LogP contribution in [0, 0.1) is 5.92 Å². The fourth-order valence-corrected chi connectivity index (χ4v) is 2.65. The average molecular weight is 236 g/mol. The highest BCUT2D eigenvalue weighted by molar-refractivity contribution is 6.21. The lowest BCUT2D eigenvalue weighted by atomic mass is 9.83. The average Bonchev–Trinajstić information content (AvgIpc) is 2.30. The largest absolute Gasteiger partial charge is 0.299 e. The summed E-state index contributed by atoms with van der Waals surface area (Å²) >= 11 is 0. The van der Waals surface area contributed by atoms with Crippen molar-refractivity contribution in [1.29, 1.82) is 0 Å². The Balaban J connectivity index is 2.12. The van der Waals surface area contributed by atoms with Gasteiger partial charge in [0.15, 0.2) is 0 Å². The zero-order valence-electron chi connectivity index (χ0n) is 10.4. The minimum absolute atomic E-state index is 0.0505. The first-order chi connectivity index (χ1) is 8.18. The van der Waals surface area contributed by atoms with E-state index in [4.69, 9.17) is 0 Å². The molecule has 1 heterocycles. The second kappa shape index (κ2) is 5.43. The number of piperidine rings is 1. The van der Waals surface area contributed by atoms with Crippen LogP contribution in [0.4, 0.5) is 0 Å². The van der Waals surface area contributed by atoms with E-state index in [0.717, 1.165) is 44.5 Å². The Bertz CT molecular complexity index is 343. The predicted molar refractivity (Wildman–Crippen MR) is 65.9 cm³/mol. The van der Waals surface area contributed by atoms with Gasteiger partial charge in [-0.15, -0.1) is 0 Å². The van der Waals surface area contributed by atoms with E-state index in [0.29, 0.717) is 6.42 Å². The molecule has 1 aliphatic heterocycles. The molecule has 2 aliphatic rings. The third-order valence-electron chi connectivity index (χ3n) is 3.52. The third kappa shape index (κ3) is 2.93. The summed E-state index contributed by atoms with van der Waals surface area (Å²) in [6.07, 6.45) is 5.76. The van der Waals surface area contributed by atoms with Crippen molar-refractivity contribution in [1.82, 2.24) is 5.01 Å². The number of carbonyl (C=O) groups excluding carboxylic acids is 2. The van der Waals surface area contributed by atoms with Crippen LogP contribution in [0.5, 0.6) is 0 Å². The van der Waals surface area contributed by atoms with Crippen molar-refractivity contribution >= 4 is 17.3 Å². The van der Waals surface area contributed by atoms with Gasteiger partial charge in [-0.3, -0.25) is 14.6 Å². The molecule has 0 N–H and O–H groups in total. The van der Waals surface area contributed by atoms with Crippen LogP contribution in [-0.4, -0.2) is 35.4 Å². The van der Waals surface area contributed by atoms with Gasteiger partial charge in [0.2, 0.25) is 0 Å². The number of hydrogen-bond donors (Lipinski definition) is 0. The number of carbonyl (C=O) groups is 2. The van der Waals surface area contributed by atoms with E-state index in [1.54, 1.807) is 0 Å². The van der Waals surface area contributed by atoms with Crippen molar-refractivity contribution in [2.24, 2.45) is 11.0 Å². The van der Waals surface area contributed by atoms with Gasteiger partial charge >= 0.3 is 0 Å². The molecule has 1 saturated carbocycles. The van der Waals surface area contributed by atoms with Gasteiger partial charge in [-0.1, -0.05) is 0 Å². The van der Waals surface area contributed by atoms with Crippen LogP contribution < -0.4 is 0 Å². The van der Waals surface area contributed by atoms with Gasteiger partial charge in [-0.05, 0) is 39.0 Å². The second-order valence-electron chi connectivity index (χ2n) is 4.97. The Labute approximate surface area is 102 Å². The minimum Gasteiger partial charge on any atom is -0.299 e. The second-order valence-corrected chi connectivity index (χ2v) is 4.97. The summed E-state index contributed by atoms with van der Waals surface area (Å²) in [7, 11) is 0. The van der Waals surface area contributed by atoms with E-state index < -0.39 is 5.92 Å². The number of hydrogen-bond acceptors (Lipinski definition) is 4. The molecule has 0 bridgehead atoms. The molecule has 1 unspecified atom stereocenters. The molecule has 2 rings (SSSR count). The molecule has 4 heteroatoms. The quantitative estimate of drug-likeness (QED) is 0.687. The van der Waals surface area contributed by atoms with Crippen LogP contribution >= 0.6 is 0 Å². The highest BCUT2D eigenvalue weighted by atomic mass is 16.1. The fourth-order valence-electron chi connectivity index (χ4n) is 2.65. The summed E-state index contributed by atoms with van der Waals surface area (Å²) in [4.78, 5) is 23.3. The summed E-state index contributed by atoms with van der Waals surface area (Å²) in [5.41, 5.74) is 0.802. The van der Waals surface area contributed by atoms with E-state index in [1.807, 2.05) is 5.01 Å². The molecule has 0 amide bonds. The van der Waals surface area contributed by atoms with E-state index >= 15 is 0 Å². The van der Waals surface area contributed by atoms with Crippen LogP contribution in [0.25, 0.3) is 0 Å². The summed E-state index contributed by atoms with van der Waals surface area (Å²) in [5.74, 6) is -0.546. The summed E-state index contributed by atoms with van der Waals surface area (Å²) < 4.78 is 0. The molecular formula is C13H20N2O2. The van der Waals surface area contributed by atoms with Gasteiger partial charge in [0.05, 0.1) is 5.71 Å². The zero-order chi connectivity index (χ0) is 12.3. The molecule has 2 fully saturated rings. The lowest BCUT2D eigenvalue weighted by Crippen LogP contribution is -2.36. The van der Waals surface area contributed by atoms with Gasteiger partial charge in [0.1, 0.15) is 17.5 Å². The Morgan fingerprint density at radius 3 is 2.53 bits per heavy atom. The van der Waals surface area contributed by atoms with Gasteiger partial charge in [0, 0.05) is 19.5 Å². The SMILES string of the molecule is CC(=O)C1C(=O)CCCC1=NN1CCCCC1. The molecule has 0 aromatic heterocycles. The molecule has 0 radical (unpaired) electrons. The van der Waals surface area contributed by atoms with E-state index in [2.05, 4.69) is 5.10 Å². The van der Waals surface area contributed by atoms with Gasteiger partial charge < -0.3 is 0 Å². The maximum atomic E-state index is 11.8. The standard InChI is InChI=1S/C13H20N2O2/c1-10(16)13-11(6-5-7-12(13)17)14-15-8-3-2-4-9-15/h13H,2-9H2,1H3. The molecule has 0 aromatic carbocycles. The molecule has 0 spiro atoms. The van der Waals surface area contributed by atoms with E-state index in [1.165, 1.54) is 13.3 Å². The fraction of sp³-hybridized carbons (Fsp3) is 0.769. The normalized spacial score (nSPS) is 28.5. The molecule has 0 aromatic rings. The predicted octanol–water partition coefficient (Wildman–Crippen LogP) is 1.79. The van der Waals surface area contributed by atoms with Crippen LogP contribution in [0.15, 0.2) is 5.10 Å². The molecule has 94 valence electrons. The van der Waals surface area contributed by atoms with Crippen molar-refractivity contribution in [3.05, 3.63) is 0 Å². The first kappa shape index (κ1) is 12.3. The Morgan fingerprint density at radius 2 is 1.88 bits per heavy atom. The van der Waals surface area contributed by atoms with Crippen molar-refractivity contribution in [3.63, 3.8) is 0 Å². The lowest BCUT2D eigenvalue weighted by molar-refractivity contribution is -0.129. The van der Waals surface area contributed by atoms with Crippen LogP contribution in [0.1, 0.15) is 45.4 Å². The number of Topliss-reactive ketones (excluding diaryl/α,β-unsaturated/α-hetero) is 2. The summed E-state index contributed by atoms with van der Waals surface area (Å²) in [6.45, 7) is 3.42. The van der Waals surface area contributed by atoms with Crippen LogP contribution in [-0.2, 0) is 9.59 Å². The maximum Gasteiger partial charge on any atom is 0.149 e. The number of hydrazone groups is 1. The maximum absolute atomic E-state index is 11.8. The Hall–Kier alpha value is -1.19. The van der Waals surface area contributed by atoms with Crippen molar-refractivity contribution < 1.29 is 9.59 Å². The zero-order valence-corrected chi connectivity index (χ0v) is 10.4. The van der Waals surface area contributed by atoms with Crippen LogP contribution in [0.3, 0.4) is 0 Å². The summed E-state index contributed by atoms with van der Waals surface area (Å²) in [5, 5.41) is 6.59. The number of ketones is 2. The highest BCUT2D eigenvalue weighted by Crippen LogP contribution is 2.21. The number of rotatable bonds is 2. The Morgan fingerprint density at radius 1 is 1.18 bits per heavy atom. The minimum atomic E-state index is -0.550. The highest BCUT2D eigenvalue weighted by Gasteiger charge is 2.32. The molecule has 1 saturated heterocycles. The molecular weight excluding hydrogens is 216 g/mol. The first-order valence-electron chi connectivity index (χ1n) is 6.54. The lowest BCUT2D eigenvalue weighted by Gasteiger charge is -2.28. The third-order valence-corrected chi connectivity index (χ3v) is 3.52. The van der Waals surface area contributed by atoms with Crippen molar-refractivity contribution in [2.75, 3.05) is 13.1 Å². The molecule has 1 aliphatic carbocycles. The van der Waals surface area contributed by atoms with E-state index in [-0.39, 0.29) is 11.6 Å². The Kier molecular flexibility index (Phi) is 3.92.